The van der Waals surface area contributed by atoms with Crippen molar-refractivity contribution in [1.29, 1.82) is 0 Å². The molecule has 6 heteroatoms. The third-order valence-electron chi connectivity index (χ3n) is 3.49. The van der Waals surface area contributed by atoms with Gasteiger partial charge in [0.15, 0.2) is 11.5 Å². The van der Waals surface area contributed by atoms with E-state index in [4.69, 9.17) is 4.74 Å². The van der Waals surface area contributed by atoms with Crippen molar-refractivity contribution in [1.82, 2.24) is 5.32 Å². The second-order valence-corrected chi connectivity index (χ2v) is 5.11. The highest BCUT2D eigenvalue weighted by atomic mass is 19.3. The molecule has 1 aromatic rings. The van der Waals surface area contributed by atoms with Gasteiger partial charge < -0.3 is 14.8 Å². The van der Waals surface area contributed by atoms with E-state index in [0.29, 0.717) is 17.9 Å². The van der Waals surface area contributed by atoms with Crippen LogP contribution in [0.15, 0.2) is 30.4 Å². The van der Waals surface area contributed by atoms with Crippen molar-refractivity contribution < 1.29 is 23.0 Å². The van der Waals surface area contributed by atoms with Crippen LogP contribution in [0.25, 0.3) is 0 Å². The summed E-state index contributed by atoms with van der Waals surface area (Å²) in [4.78, 5) is 11.8. The fraction of sp³-hybridized carbons (Fsp3) is 0.438. The molecule has 0 heterocycles. The largest absolute Gasteiger partial charge is 0.493 e. The summed E-state index contributed by atoms with van der Waals surface area (Å²) in [5.74, 6) is 0.437. The summed E-state index contributed by atoms with van der Waals surface area (Å²) in [5, 5.41) is 2.79. The maximum absolute atomic E-state index is 12.4. The van der Waals surface area contributed by atoms with E-state index in [1.54, 1.807) is 12.1 Å². The molecule has 1 aromatic carbocycles. The molecule has 1 atom stereocenters. The summed E-state index contributed by atoms with van der Waals surface area (Å²) in [6, 6.07) is 4.69. The molecule has 1 aliphatic rings. The maximum Gasteiger partial charge on any atom is 0.387 e. The number of carbonyl (C=O) groups excluding carboxylic acids is 1. The van der Waals surface area contributed by atoms with Crippen LogP contribution in [0.5, 0.6) is 11.5 Å². The number of halogens is 2. The van der Waals surface area contributed by atoms with Gasteiger partial charge in [-0.2, -0.15) is 8.78 Å². The Kier molecular flexibility index (Phi) is 5.75. The van der Waals surface area contributed by atoms with Crippen LogP contribution in [-0.4, -0.2) is 19.6 Å². The first-order valence-electron chi connectivity index (χ1n) is 7.13. The maximum atomic E-state index is 12.4. The third kappa shape index (κ3) is 4.72. The smallest absolute Gasteiger partial charge is 0.387 e. The molecule has 2 rings (SSSR count). The minimum absolute atomic E-state index is 0.0389. The van der Waals surface area contributed by atoms with Crippen molar-refractivity contribution in [2.75, 3.05) is 7.11 Å². The van der Waals surface area contributed by atoms with Crippen molar-refractivity contribution in [3.05, 3.63) is 35.9 Å². The topological polar surface area (TPSA) is 47.6 Å². The highest BCUT2D eigenvalue weighted by Gasteiger charge is 2.15. The van der Waals surface area contributed by atoms with Crippen molar-refractivity contribution in [2.24, 2.45) is 5.92 Å². The predicted molar refractivity (Wildman–Crippen MR) is 78.0 cm³/mol. The molecule has 1 N–H and O–H groups in total. The Morgan fingerprint density at radius 2 is 2.23 bits per heavy atom. The summed E-state index contributed by atoms with van der Waals surface area (Å²) in [5.41, 5.74) is 0.673. The minimum atomic E-state index is -2.92. The van der Waals surface area contributed by atoms with Crippen LogP contribution in [0.1, 0.15) is 24.8 Å². The molecule has 0 unspecified atom stereocenters. The Labute approximate surface area is 128 Å². The zero-order chi connectivity index (χ0) is 15.9. The number of carbonyl (C=O) groups is 1. The van der Waals surface area contributed by atoms with Gasteiger partial charge in [-0.25, -0.2) is 0 Å². The Morgan fingerprint density at radius 3 is 2.86 bits per heavy atom. The molecule has 1 amide bonds. The molecule has 120 valence electrons. The first kappa shape index (κ1) is 16.3. The molecule has 0 saturated heterocycles. The number of methoxy groups -OCH3 is 1. The number of alkyl halides is 2. The van der Waals surface area contributed by atoms with Gasteiger partial charge in [-0.3, -0.25) is 4.79 Å². The fourth-order valence-corrected chi connectivity index (χ4v) is 2.40. The van der Waals surface area contributed by atoms with Gasteiger partial charge >= 0.3 is 6.61 Å². The number of ether oxygens (including phenoxy) is 2. The summed E-state index contributed by atoms with van der Waals surface area (Å²) >= 11 is 0. The van der Waals surface area contributed by atoms with Gasteiger partial charge in [0.2, 0.25) is 5.91 Å². The SMILES string of the molecule is COc1ccc(CNC(=O)C[C@H]2C=CCC2)cc1OC(F)F. The molecular formula is C16H19F2NO3. The lowest BCUT2D eigenvalue weighted by molar-refractivity contribution is -0.121. The van der Waals surface area contributed by atoms with Crippen molar-refractivity contribution in [3.8, 4) is 11.5 Å². The van der Waals surface area contributed by atoms with Crippen LogP contribution in [0, 0.1) is 5.92 Å². The van der Waals surface area contributed by atoms with E-state index in [9.17, 15) is 13.6 Å². The van der Waals surface area contributed by atoms with Crippen LogP contribution in [0.4, 0.5) is 8.78 Å². The Hall–Kier alpha value is -2.11. The molecule has 0 fully saturated rings. The molecule has 0 aromatic heterocycles. The van der Waals surface area contributed by atoms with Gasteiger partial charge in [-0.1, -0.05) is 18.2 Å². The molecular weight excluding hydrogens is 292 g/mol. The lowest BCUT2D eigenvalue weighted by Gasteiger charge is -2.12. The number of rotatable bonds is 7. The second-order valence-electron chi connectivity index (χ2n) is 5.11. The van der Waals surface area contributed by atoms with Crippen LogP contribution in [-0.2, 0) is 11.3 Å². The highest BCUT2D eigenvalue weighted by Crippen LogP contribution is 2.29. The lowest BCUT2D eigenvalue weighted by atomic mass is 10.1. The van der Waals surface area contributed by atoms with Gasteiger partial charge in [0.25, 0.3) is 0 Å². The number of allylic oxidation sites excluding steroid dienone is 2. The van der Waals surface area contributed by atoms with Gasteiger partial charge in [-0.05, 0) is 36.5 Å². The van der Waals surface area contributed by atoms with Crippen LogP contribution < -0.4 is 14.8 Å². The van der Waals surface area contributed by atoms with E-state index in [1.165, 1.54) is 13.2 Å². The molecule has 22 heavy (non-hydrogen) atoms. The molecule has 0 aliphatic heterocycles. The van der Waals surface area contributed by atoms with Crippen LogP contribution in [0.3, 0.4) is 0 Å². The first-order valence-corrected chi connectivity index (χ1v) is 7.13. The number of nitrogens with one attached hydrogen (secondary N) is 1. The number of hydrogen-bond acceptors (Lipinski definition) is 3. The summed E-state index contributed by atoms with van der Waals surface area (Å²) < 4.78 is 34.1. The molecule has 1 aliphatic carbocycles. The van der Waals surface area contributed by atoms with Crippen LogP contribution in [0.2, 0.25) is 0 Å². The average molecular weight is 311 g/mol. The lowest BCUT2D eigenvalue weighted by Crippen LogP contribution is -2.24. The van der Waals surface area contributed by atoms with E-state index in [-0.39, 0.29) is 24.0 Å². The number of benzene rings is 1. The molecule has 0 saturated carbocycles. The monoisotopic (exact) mass is 311 g/mol. The predicted octanol–water partition coefficient (Wildman–Crippen LogP) is 3.27. The average Bonchev–Trinajstić information content (AvgIpc) is 2.97. The normalized spacial score (nSPS) is 16.8. The molecule has 4 nitrogen and oxygen atoms in total. The summed E-state index contributed by atoms with van der Waals surface area (Å²) in [7, 11) is 1.38. The Balaban J connectivity index is 1.91. The molecule has 0 bridgehead atoms. The zero-order valence-electron chi connectivity index (χ0n) is 12.4. The van der Waals surface area contributed by atoms with Crippen molar-refractivity contribution in [3.63, 3.8) is 0 Å². The van der Waals surface area contributed by atoms with Gasteiger partial charge in [0.05, 0.1) is 7.11 Å². The second kappa shape index (κ2) is 7.77. The first-order chi connectivity index (χ1) is 10.6. The molecule has 0 radical (unpaired) electrons. The molecule has 0 spiro atoms. The van der Waals surface area contributed by atoms with E-state index < -0.39 is 6.61 Å². The number of amides is 1. The van der Waals surface area contributed by atoms with E-state index >= 15 is 0 Å². The van der Waals surface area contributed by atoms with E-state index in [0.717, 1.165) is 12.8 Å². The van der Waals surface area contributed by atoms with Gasteiger partial charge in [0.1, 0.15) is 0 Å². The number of hydrogen-bond donors (Lipinski definition) is 1. The van der Waals surface area contributed by atoms with E-state index in [2.05, 4.69) is 22.2 Å². The third-order valence-corrected chi connectivity index (χ3v) is 3.49. The van der Waals surface area contributed by atoms with Gasteiger partial charge in [0, 0.05) is 13.0 Å². The van der Waals surface area contributed by atoms with Gasteiger partial charge in [-0.15, -0.1) is 0 Å². The Morgan fingerprint density at radius 1 is 1.41 bits per heavy atom. The zero-order valence-corrected chi connectivity index (χ0v) is 12.4. The highest BCUT2D eigenvalue weighted by molar-refractivity contribution is 5.76. The van der Waals surface area contributed by atoms with Crippen molar-refractivity contribution >= 4 is 5.91 Å². The summed E-state index contributed by atoms with van der Waals surface area (Å²) in [6.07, 6.45) is 6.61. The minimum Gasteiger partial charge on any atom is -0.493 e. The summed E-state index contributed by atoms with van der Waals surface area (Å²) in [6.45, 7) is -2.66. The fourth-order valence-electron chi connectivity index (χ4n) is 2.40. The van der Waals surface area contributed by atoms with Crippen molar-refractivity contribution in [2.45, 2.75) is 32.4 Å². The van der Waals surface area contributed by atoms with Crippen LogP contribution >= 0.6 is 0 Å². The Bertz CT molecular complexity index is 546. The van der Waals surface area contributed by atoms with E-state index in [1.807, 2.05) is 0 Å². The standard InChI is InChI=1S/C16H19F2NO3/c1-21-13-7-6-12(8-14(13)22-16(17)18)10-19-15(20)9-11-4-2-3-5-11/h2,4,6-8,11,16H,3,5,9-10H2,1H3,(H,19,20)/t11-/m0/s1. The quantitative estimate of drug-likeness (QED) is 0.786.